The minimum Gasteiger partial charge on any atom is -0.105 e. The average Bonchev–Trinajstić information content (AvgIpc) is 2.75. The van der Waals surface area contributed by atoms with Gasteiger partial charge in [0.1, 0.15) is 0 Å². The van der Waals surface area contributed by atoms with Gasteiger partial charge in [0, 0.05) is 0 Å². The molecule has 0 amide bonds. The van der Waals surface area contributed by atoms with Crippen molar-refractivity contribution in [3.63, 3.8) is 0 Å². The molecule has 0 spiro atoms. The molecular formula is C38H56GeO2P. The van der Waals surface area contributed by atoms with Crippen LogP contribution in [-0.4, -0.2) is 20.7 Å². The summed E-state index contributed by atoms with van der Waals surface area (Å²) in [6.45, 7) is 34.9. The van der Waals surface area contributed by atoms with E-state index in [1.165, 1.54) is 71.1 Å². The van der Waals surface area contributed by atoms with Crippen LogP contribution in [0, 0.1) is 41.5 Å². The maximum Gasteiger partial charge on any atom is -0.0126 e. The van der Waals surface area contributed by atoms with Gasteiger partial charge in [-0.1, -0.05) is 74.4 Å². The van der Waals surface area contributed by atoms with E-state index in [1.54, 1.807) is 0 Å². The molecule has 42 heavy (non-hydrogen) atoms. The standard InChI is InChI=1S/C20H25GeO2.C18H31P/c1-12-8-14(3)19(15(4)9-12)21(23-18(7)22)20-16(5)10-13(2)11-17(20)6;1-16(2,3)12-10-13(17(4,5)6)15(19)14(11-12)18(7,8)9/h8-11H,1-7H3;10-11H,19H2,1-9H3. The Balaban J connectivity index is 0.000000299. The summed E-state index contributed by atoms with van der Waals surface area (Å²) in [4.78, 5) is 11.8. The van der Waals surface area contributed by atoms with Crippen LogP contribution in [0.4, 0.5) is 0 Å². The number of hydrogen-bond acceptors (Lipinski definition) is 2. The maximum absolute atomic E-state index is 11.8. The van der Waals surface area contributed by atoms with Crippen molar-refractivity contribution in [2.24, 2.45) is 0 Å². The Kier molecular flexibility index (Phi) is 11.6. The fourth-order valence-corrected chi connectivity index (χ4v) is 12.0. The average molecular weight is 648 g/mol. The van der Waals surface area contributed by atoms with Crippen LogP contribution in [0.3, 0.4) is 0 Å². The summed E-state index contributed by atoms with van der Waals surface area (Å²) >= 11 is -2.40. The molecule has 0 fully saturated rings. The van der Waals surface area contributed by atoms with E-state index in [9.17, 15) is 4.79 Å². The third-order valence-electron chi connectivity index (χ3n) is 7.72. The Hall–Kier alpha value is -1.90. The zero-order valence-electron chi connectivity index (χ0n) is 29.4. The predicted octanol–water partition coefficient (Wildman–Crippen LogP) is 8.29. The largest absolute Gasteiger partial charge is 0.105 e. The second-order valence-corrected chi connectivity index (χ2v) is 19.7. The second-order valence-electron chi connectivity index (χ2n) is 15.2. The van der Waals surface area contributed by atoms with Crippen molar-refractivity contribution in [1.29, 1.82) is 0 Å². The van der Waals surface area contributed by atoms with Gasteiger partial charge in [0.05, 0.1) is 0 Å². The van der Waals surface area contributed by atoms with E-state index in [1.807, 2.05) is 0 Å². The maximum atomic E-state index is 11.8. The van der Waals surface area contributed by atoms with Gasteiger partial charge in [0.15, 0.2) is 0 Å². The third-order valence-corrected chi connectivity index (χ3v) is 14.6. The fraction of sp³-hybridized carbons (Fsp3) is 0.500. The number of carbonyl (C=O) groups excluding carboxylic acids is 1. The van der Waals surface area contributed by atoms with E-state index in [0.29, 0.717) is 0 Å². The van der Waals surface area contributed by atoms with Gasteiger partial charge in [-0.3, -0.25) is 0 Å². The minimum atomic E-state index is -2.40. The fourth-order valence-electron chi connectivity index (χ4n) is 5.77. The van der Waals surface area contributed by atoms with Gasteiger partial charge in [-0.2, -0.15) is 0 Å². The molecule has 3 aromatic rings. The van der Waals surface area contributed by atoms with E-state index >= 15 is 0 Å². The molecule has 229 valence electrons. The Morgan fingerprint density at radius 3 is 1.14 bits per heavy atom. The van der Waals surface area contributed by atoms with E-state index in [4.69, 9.17) is 3.76 Å². The van der Waals surface area contributed by atoms with Gasteiger partial charge in [-0.15, -0.1) is 9.24 Å². The summed E-state index contributed by atoms with van der Waals surface area (Å²) in [5.41, 5.74) is 12.3. The van der Waals surface area contributed by atoms with Crippen molar-refractivity contribution in [2.45, 2.75) is 127 Å². The molecule has 0 aromatic heterocycles. The number of carbonyl (C=O) groups is 1. The molecule has 4 heteroatoms. The van der Waals surface area contributed by atoms with Crippen LogP contribution in [-0.2, 0) is 24.8 Å². The van der Waals surface area contributed by atoms with Gasteiger partial charge in [-0.25, -0.2) is 0 Å². The number of rotatable bonds is 3. The third kappa shape index (κ3) is 9.06. The van der Waals surface area contributed by atoms with E-state index in [-0.39, 0.29) is 22.2 Å². The smallest absolute Gasteiger partial charge is 0.0126 e. The molecule has 3 aromatic carbocycles. The molecule has 2 nitrogen and oxygen atoms in total. The first-order valence-electron chi connectivity index (χ1n) is 15.1. The SMILES string of the molecule is CC(=O)[O][Ge]([c]1c(C)cc(C)cc1C)[c]1c(C)cc(C)cc1C.CC(C)(C)c1cc(C(C)(C)C)c(P)c(C(C)(C)C)c1. The molecule has 0 bridgehead atoms. The van der Waals surface area contributed by atoms with Crippen molar-refractivity contribution >= 4 is 44.0 Å². The molecule has 0 aliphatic carbocycles. The van der Waals surface area contributed by atoms with Crippen LogP contribution in [0.15, 0.2) is 36.4 Å². The van der Waals surface area contributed by atoms with Crippen molar-refractivity contribution < 1.29 is 8.56 Å². The van der Waals surface area contributed by atoms with Crippen molar-refractivity contribution in [2.75, 3.05) is 0 Å². The number of benzene rings is 3. The Morgan fingerprint density at radius 1 is 0.595 bits per heavy atom. The molecule has 0 saturated carbocycles. The zero-order chi connectivity index (χ0) is 32.5. The Morgan fingerprint density at radius 2 is 0.905 bits per heavy atom. The van der Waals surface area contributed by atoms with Crippen LogP contribution in [0.1, 0.15) is 119 Å². The quantitative estimate of drug-likeness (QED) is 0.211. The van der Waals surface area contributed by atoms with Crippen LogP contribution < -0.4 is 14.1 Å². The summed E-state index contributed by atoms with van der Waals surface area (Å²) < 4.78 is 8.48. The molecule has 1 unspecified atom stereocenters. The summed E-state index contributed by atoms with van der Waals surface area (Å²) in [5, 5.41) is 1.38. The summed E-state index contributed by atoms with van der Waals surface area (Å²) in [6.07, 6.45) is 0. The molecule has 0 N–H and O–H groups in total. The number of hydrogen-bond donors (Lipinski definition) is 0. The molecule has 0 aliphatic rings. The molecule has 1 radical (unpaired) electrons. The van der Waals surface area contributed by atoms with Crippen molar-refractivity contribution in [3.8, 4) is 0 Å². The van der Waals surface area contributed by atoms with E-state index in [0.717, 1.165) is 0 Å². The molecule has 0 heterocycles. The van der Waals surface area contributed by atoms with Gasteiger partial charge in [-0.05, 0) is 38.2 Å². The van der Waals surface area contributed by atoms with E-state index < -0.39 is 14.7 Å². The van der Waals surface area contributed by atoms with Gasteiger partial charge in [0.25, 0.3) is 0 Å². The molecule has 0 saturated heterocycles. The van der Waals surface area contributed by atoms with Gasteiger partial charge in [0.2, 0.25) is 0 Å². The van der Waals surface area contributed by atoms with Crippen LogP contribution in [0.25, 0.3) is 0 Å². The minimum absolute atomic E-state index is 0.179. The summed E-state index contributed by atoms with van der Waals surface area (Å²) in [7, 11) is 2.98. The predicted molar refractivity (Wildman–Crippen MR) is 190 cm³/mol. The van der Waals surface area contributed by atoms with Gasteiger partial charge < -0.3 is 0 Å². The second kappa shape index (κ2) is 13.4. The summed E-state index contributed by atoms with van der Waals surface area (Å²) in [5.74, 6) is -0.182. The normalized spacial score (nSPS) is 12.2. The zero-order valence-corrected chi connectivity index (χ0v) is 32.6. The first kappa shape index (κ1) is 36.3. The van der Waals surface area contributed by atoms with Gasteiger partial charge >= 0.3 is 144 Å². The Labute approximate surface area is 265 Å². The van der Waals surface area contributed by atoms with Crippen molar-refractivity contribution in [1.82, 2.24) is 0 Å². The Bertz CT molecular complexity index is 1310. The first-order chi connectivity index (χ1) is 18.9. The van der Waals surface area contributed by atoms with E-state index in [2.05, 4.69) is 149 Å². The molecule has 3 rings (SSSR count). The first-order valence-corrected chi connectivity index (χ1v) is 18.6. The summed E-state index contributed by atoms with van der Waals surface area (Å²) in [6, 6.07) is 13.6. The molecule has 1 atom stereocenters. The van der Waals surface area contributed by atoms with Crippen LogP contribution in [0.5, 0.6) is 0 Å². The molecule has 0 aliphatic heterocycles. The van der Waals surface area contributed by atoms with Crippen LogP contribution in [0.2, 0.25) is 0 Å². The topological polar surface area (TPSA) is 26.3 Å². The monoisotopic (exact) mass is 649 g/mol. The van der Waals surface area contributed by atoms with Crippen molar-refractivity contribution in [3.05, 3.63) is 86.5 Å². The molecular weight excluding hydrogens is 592 g/mol. The number of aryl methyl sites for hydroxylation is 6. The van der Waals surface area contributed by atoms with Crippen LogP contribution >= 0.6 is 9.24 Å².